The summed E-state index contributed by atoms with van der Waals surface area (Å²) in [5, 5.41) is 7.05. The maximum absolute atomic E-state index is 12.1. The van der Waals surface area contributed by atoms with Crippen molar-refractivity contribution in [3.8, 4) is 0 Å². The fourth-order valence-corrected chi connectivity index (χ4v) is 3.17. The van der Waals surface area contributed by atoms with Gasteiger partial charge >= 0.3 is 0 Å². The van der Waals surface area contributed by atoms with Crippen molar-refractivity contribution in [3.63, 3.8) is 0 Å². The minimum atomic E-state index is -0.0158. The average Bonchev–Trinajstić information content (AvgIpc) is 3.17. The lowest BCUT2D eigenvalue weighted by Crippen LogP contribution is -2.21. The van der Waals surface area contributed by atoms with E-state index < -0.39 is 0 Å². The van der Waals surface area contributed by atoms with Crippen LogP contribution in [-0.4, -0.2) is 20.7 Å². The normalized spacial score (nSPS) is 10.7. The van der Waals surface area contributed by atoms with E-state index in [2.05, 4.69) is 15.4 Å². The number of carbonyl (C=O) groups excluding carboxylic acids is 1. The molecule has 2 aromatic heterocycles. The van der Waals surface area contributed by atoms with Gasteiger partial charge in [0.15, 0.2) is 0 Å². The molecule has 0 aliphatic heterocycles. The minimum absolute atomic E-state index is 0.0158. The molecule has 0 unspecified atom stereocenters. The van der Waals surface area contributed by atoms with Crippen molar-refractivity contribution in [1.82, 2.24) is 20.1 Å². The molecule has 23 heavy (non-hydrogen) atoms. The van der Waals surface area contributed by atoms with Gasteiger partial charge in [0.2, 0.25) is 0 Å². The third-order valence-corrected chi connectivity index (χ3v) is 4.83. The Balaban J connectivity index is 1.57. The molecule has 0 saturated heterocycles. The molecule has 6 heteroatoms. The van der Waals surface area contributed by atoms with Crippen LogP contribution in [0.15, 0.2) is 43.0 Å². The highest BCUT2D eigenvalue weighted by Crippen LogP contribution is 2.20. The maximum atomic E-state index is 12.1. The van der Waals surface area contributed by atoms with Crippen molar-refractivity contribution in [1.29, 1.82) is 0 Å². The Morgan fingerprint density at radius 3 is 2.57 bits per heavy atom. The molecule has 118 valence electrons. The quantitative estimate of drug-likeness (QED) is 0.784. The van der Waals surface area contributed by atoms with Crippen molar-refractivity contribution in [2.45, 2.75) is 26.9 Å². The second-order valence-corrected chi connectivity index (χ2v) is 6.70. The molecule has 1 aromatic carbocycles. The number of nitrogens with one attached hydrogen (secondary N) is 1. The predicted molar refractivity (Wildman–Crippen MR) is 90.5 cm³/mol. The van der Waals surface area contributed by atoms with Gasteiger partial charge in [0.25, 0.3) is 5.91 Å². The highest BCUT2D eigenvalue weighted by molar-refractivity contribution is 7.14. The molecule has 0 fully saturated rings. The highest BCUT2D eigenvalue weighted by Gasteiger charge is 2.10. The molecular weight excluding hydrogens is 308 g/mol. The minimum Gasteiger partial charge on any atom is -0.347 e. The number of aromatic nitrogens is 3. The zero-order chi connectivity index (χ0) is 16.2. The maximum Gasteiger partial charge on any atom is 0.261 e. The third kappa shape index (κ3) is 3.84. The molecule has 0 saturated carbocycles. The lowest BCUT2D eigenvalue weighted by molar-refractivity contribution is 0.0955. The Morgan fingerprint density at radius 1 is 1.22 bits per heavy atom. The Hall–Kier alpha value is -2.47. The van der Waals surface area contributed by atoms with E-state index in [-0.39, 0.29) is 5.91 Å². The van der Waals surface area contributed by atoms with E-state index in [0.717, 1.165) is 21.6 Å². The van der Waals surface area contributed by atoms with Gasteiger partial charge in [0.05, 0.1) is 11.4 Å². The first-order chi connectivity index (χ1) is 11.1. The van der Waals surface area contributed by atoms with E-state index >= 15 is 0 Å². The van der Waals surface area contributed by atoms with Gasteiger partial charge in [-0.15, -0.1) is 11.3 Å². The number of benzene rings is 1. The molecule has 0 aliphatic rings. The fourth-order valence-electron chi connectivity index (χ4n) is 2.22. The SMILES string of the molecule is Cc1cc(C(=O)NCc2ccc(Cn3cncn3)cc2)sc1C. The highest BCUT2D eigenvalue weighted by atomic mass is 32.1. The van der Waals surface area contributed by atoms with E-state index in [1.807, 2.05) is 44.2 Å². The van der Waals surface area contributed by atoms with Gasteiger partial charge in [0, 0.05) is 11.4 Å². The van der Waals surface area contributed by atoms with E-state index in [0.29, 0.717) is 13.1 Å². The number of rotatable bonds is 5. The number of hydrogen-bond donors (Lipinski definition) is 1. The van der Waals surface area contributed by atoms with Crippen LogP contribution in [-0.2, 0) is 13.1 Å². The molecule has 0 spiro atoms. The number of carbonyl (C=O) groups is 1. The fraction of sp³-hybridized carbons (Fsp3) is 0.235. The van der Waals surface area contributed by atoms with Crippen LogP contribution >= 0.6 is 11.3 Å². The smallest absolute Gasteiger partial charge is 0.261 e. The topological polar surface area (TPSA) is 59.8 Å². The summed E-state index contributed by atoms with van der Waals surface area (Å²) in [6, 6.07) is 10.1. The Bertz CT molecular complexity index is 771. The molecule has 2 heterocycles. The van der Waals surface area contributed by atoms with Crippen LogP contribution < -0.4 is 5.32 Å². The van der Waals surface area contributed by atoms with E-state index in [1.165, 1.54) is 22.5 Å². The van der Waals surface area contributed by atoms with Gasteiger partial charge in [-0.3, -0.25) is 4.79 Å². The standard InChI is InChI=1S/C17H18N4OS/c1-12-7-16(23-13(12)2)17(22)19-8-14-3-5-15(6-4-14)9-21-11-18-10-20-21/h3-7,10-11H,8-9H2,1-2H3,(H,19,22). The van der Waals surface area contributed by atoms with Crippen molar-refractivity contribution < 1.29 is 4.79 Å². The molecule has 0 aliphatic carbocycles. The van der Waals surface area contributed by atoms with Gasteiger partial charge in [-0.2, -0.15) is 5.10 Å². The first-order valence-corrected chi connectivity index (χ1v) is 8.19. The van der Waals surface area contributed by atoms with Crippen LogP contribution in [0, 0.1) is 13.8 Å². The predicted octanol–water partition coefficient (Wildman–Crippen LogP) is 2.93. The Morgan fingerprint density at radius 2 is 1.96 bits per heavy atom. The van der Waals surface area contributed by atoms with Crippen molar-refractivity contribution in [2.75, 3.05) is 0 Å². The summed E-state index contributed by atoms with van der Waals surface area (Å²) in [5.74, 6) is -0.0158. The molecule has 0 atom stereocenters. The monoisotopic (exact) mass is 326 g/mol. The number of amides is 1. The number of aryl methyl sites for hydroxylation is 2. The third-order valence-electron chi connectivity index (χ3n) is 3.68. The second kappa shape index (κ2) is 6.75. The summed E-state index contributed by atoms with van der Waals surface area (Å²) in [4.78, 5) is 18.0. The molecule has 1 N–H and O–H groups in total. The molecule has 0 radical (unpaired) electrons. The zero-order valence-corrected chi connectivity index (χ0v) is 13.9. The van der Waals surface area contributed by atoms with Crippen LogP contribution in [0.25, 0.3) is 0 Å². The van der Waals surface area contributed by atoms with Crippen LogP contribution in [0.4, 0.5) is 0 Å². The first-order valence-electron chi connectivity index (χ1n) is 7.37. The van der Waals surface area contributed by atoms with Crippen molar-refractivity contribution >= 4 is 17.2 Å². The molecule has 3 rings (SSSR count). The van der Waals surface area contributed by atoms with Gasteiger partial charge in [-0.1, -0.05) is 24.3 Å². The summed E-state index contributed by atoms with van der Waals surface area (Å²) in [5.41, 5.74) is 3.39. The summed E-state index contributed by atoms with van der Waals surface area (Å²) in [6.45, 7) is 5.28. The number of thiophene rings is 1. The summed E-state index contributed by atoms with van der Waals surface area (Å²) in [7, 11) is 0. The van der Waals surface area contributed by atoms with Gasteiger partial charge in [-0.05, 0) is 36.6 Å². The van der Waals surface area contributed by atoms with Gasteiger partial charge in [0.1, 0.15) is 12.7 Å². The van der Waals surface area contributed by atoms with Crippen molar-refractivity contribution in [2.24, 2.45) is 0 Å². The number of nitrogens with zero attached hydrogens (tertiary/aromatic N) is 3. The molecular formula is C17H18N4OS. The van der Waals surface area contributed by atoms with Gasteiger partial charge in [-0.25, -0.2) is 9.67 Å². The molecule has 5 nitrogen and oxygen atoms in total. The lowest BCUT2D eigenvalue weighted by atomic mass is 10.1. The Kier molecular flexibility index (Phi) is 4.52. The summed E-state index contributed by atoms with van der Waals surface area (Å²) >= 11 is 1.53. The van der Waals surface area contributed by atoms with Crippen LogP contribution in [0.1, 0.15) is 31.2 Å². The lowest BCUT2D eigenvalue weighted by Gasteiger charge is -2.06. The molecule has 0 bridgehead atoms. The summed E-state index contributed by atoms with van der Waals surface area (Å²) in [6.07, 6.45) is 3.22. The zero-order valence-electron chi connectivity index (χ0n) is 13.1. The largest absolute Gasteiger partial charge is 0.347 e. The van der Waals surface area contributed by atoms with E-state index in [4.69, 9.17) is 0 Å². The Labute approximate surface area is 139 Å². The average molecular weight is 326 g/mol. The van der Waals surface area contributed by atoms with E-state index in [1.54, 1.807) is 11.0 Å². The van der Waals surface area contributed by atoms with E-state index in [9.17, 15) is 4.79 Å². The first kappa shape index (κ1) is 15.4. The molecule has 3 aromatic rings. The van der Waals surface area contributed by atoms with Crippen LogP contribution in [0.3, 0.4) is 0 Å². The van der Waals surface area contributed by atoms with Crippen LogP contribution in [0.5, 0.6) is 0 Å². The summed E-state index contributed by atoms with van der Waals surface area (Å²) < 4.78 is 1.78. The van der Waals surface area contributed by atoms with Gasteiger partial charge < -0.3 is 5.32 Å². The molecule has 1 amide bonds. The van der Waals surface area contributed by atoms with Crippen LogP contribution in [0.2, 0.25) is 0 Å². The number of hydrogen-bond acceptors (Lipinski definition) is 4. The second-order valence-electron chi connectivity index (χ2n) is 5.44. The van der Waals surface area contributed by atoms with Crippen molar-refractivity contribution in [3.05, 3.63) is 69.4 Å².